The average Bonchev–Trinajstić information content (AvgIpc) is 2.74. The Hall–Kier alpha value is -2.92. The van der Waals surface area contributed by atoms with Gasteiger partial charge in [-0.1, -0.05) is 6.07 Å². The molecule has 1 fully saturated rings. The lowest BCUT2D eigenvalue weighted by molar-refractivity contribution is 0.304. The lowest BCUT2D eigenvalue weighted by atomic mass is 9.96. The van der Waals surface area contributed by atoms with Crippen LogP contribution in [0.15, 0.2) is 48.8 Å². The molecule has 150 valence electrons. The Morgan fingerprint density at radius 3 is 2.45 bits per heavy atom. The molecule has 5 heteroatoms. The Kier molecular flexibility index (Phi) is 5.76. The zero-order valence-electron chi connectivity index (χ0n) is 17.4. The van der Waals surface area contributed by atoms with E-state index in [1.54, 1.807) is 0 Å². The van der Waals surface area contributed by atoms with Gasteiger partial charge in [0.1, 0.15) is 18.2 Å². The molecule has 5 nitrogen and oxygen atoms in total. The van der Waals surface area contributed by atoms with Gasteiger partial charge < -0.3 is 15.0 Å². The van der Waals surface area contributed by atoms with E-state index in [4.69, 9.17) is 4.74 Å². The first-order chi connectivity index (χ1) is 14.1. The number of aromatic nitrogens is 2. The normalized spacial score (nSPS) is 14.1. The quantitative estimate of drug-likeness (QED) is 0.714. The van der Waals surface area contributed by atoms with Crippen LogP contribution in [0.2, 0.25) is 0 Å². The molecule has 1 aromatic carbocycles. The van der Waals surface area contributed by atoms with Gasteiger partial charge in [0.15, 0.2) is 0 Å². The smallest absolute Gasteiger partial charge is 0.129 e. The van der Waals surface area contributed by atoms with E-state index in [0.29, 0.717) is 6.61 Å². The maximum atomic E-state index is 6.08. The van der Waals surface area contributed by atoms with Gasteiger partial charge in [-0.15, -0.1) is 0 Å². The molecule has 1 aliphatic heterocycles. The number of ether oxygens (including phenoxy) is 1. The molecule has 0 atom stereocenters. The third-order valence-electron chi connectivity index (χ3n) is 5.49. The van der Waals surface area contributed by atoms with E-state index in [-0.39, 0.29) is 0 Å². The molecular formula is C24H28N4O. The second-order valence-corrected chi connectivity index (χ2v) is 7.61. The summed E-state index contributed by atoms with van der Waals surface area (Å²) in [4.78, 5) is 11.3. The summed E-state index contributed by atoms with van der Waals surface area (Å²) < 4.78 is 6.08. The first kappa shape index (κ1) is 19.4. The molecule has 4 rings (SSSR count). The highest BCUT2D eigenvalue weighted by atomic mass is 16.5. The highest BCUT2D eigenvalue weighted by molar-refractivity contribution is 5.73. The standard InChI is InChI=1S/C24H28N4O/c1-17-13-22(29-16-21-5-4-7-26-19(21)3)14-18(2)24(17)20-6-8-27-23(15-20)28-11-9-25-10-12-28/h4-8,13-15,25H,9-12,16H2,1-3H3. The minimum absolute atomic E-state index is 0.528. The second kappa shape index (κ2) is 8.62. The molecule has 0 unspecified atom stereocenters. The Bertz CT molecular complexity index is 973. The van der Waals surface area contributed by atoms with Crippen LogP contribution >= 0.6 is 0 Å². The summed E-state index contributed by atoms with van der Waals surface area (Å²) in [5.74, 6) is 1.94. The molecule has 1 saturated heterocycles. The highest BCUT2D eigenvalue weighted by Crippen LogP contribution is 2.32. The van der Waals surface area contributed by atoms with Gasteiger partial charge in [-0.25, -0.2) is 4.98 Å². The molecule has 2 aromatic heterocycles. The van der Waals surface area contributed by atoms with Gasteiger partial charge in [0.05, 0.1) is 0 Å². The van der Waals surface area contributed by atoms with Crippen LogP contribution in [0.4, 0.5) is 5.82 Å². The van der Waals surface area contributed by atoms with Gasteiger partial charge >= 0.3 is 0 Å². The van der Waals surface area contributed by atoms with Crippen LogP contribution in [0.1, 0.15) is 22.4 Å². The van der Waals surface area contributed by atoms with E-state index in [0.717, 1.165) is 49.0 Å². The number of piperazine rings is 1. The second-order valence-electron chi connectivity index (χ2n) is 7.61. The number of nitrogens with zero attached hydrogens (tertiary/aromatic N) is 3. The largest absolute Gasteiger partial charge is 0.489 e. The lowest BCUT2D eigenvalue weighted by Gasteiger charge is -2.28. The van der Waals surface area contributed by atoms with Crippen molar-refractivity contribution in [1.29, 1.82) is 0 Å². The molecule has 1 aliphatic rings. The molecule has 0 aliphatic carbocycles. The van der Waals surface area contributed by atoms with Crippen molar-refractivity contribution >= 4 is 5.82 Å². The molecule has 0 spiro atoms. The number of rotatable bonds is 5. The summed E-state index contributed by atoms with van der Waals surface area (Å²) in [5.41, 5.74) is 7.00. The van der Waals surface area contributed by atoms with Crippen LogP contribution in [0, 0.1) is 20.8 Å². The van der Waals surface area contributed by atoms with Gasteiger partial charge in [0.2, 0.25) is 0 Å². The number of pyridine rings is 2. The molecule has 3 heterocycles. The van der Waals surface area contributed by atoms with Gasteiger partial charge in [-0.2, -0.15) is 0 Å². The summed E-state index contributed by atoms with van der Waals surface area (Å²) in [7, 11) is 0. The van der Waals surface area contributed by atoms with Crippen molar-refractivity contribution in [3.8, 4) is 16.9 Å². The van der Waals surface area contributed by atoms with Crippen molar-refractivity contribution in [2.75, 3.05) is 31.1 Å². The minimum atomic E-state index is 0.528. The third kappa shape index (κ3) is 4.40. The molecule has 3 aromatic rings. The van der Waals surface area contributed by atoms with Crippen molar-refractivity contribution in [3.05, 3.63) is 71.2 Å². The first-order valence-corrected chi connectivity index (χ1v) is 10.2. The fraction of sp³-hybridized carbons (Fsp3) is 0.333. The van der Waals surface area contributed by atoms with Crippen LogP contribution < -0.4 is 15.0 Å². The highest BCUT2D eigenvalue weighted by Gasteiger charge is 2.14. The first-order valence-electron chi connectivity index (χ1n) is 10.2. The van der Waals surface area contributed by atoms with E-state index in [1.807, 2.05) is 25.4 Å². The summed E-state index contributed by atoms with van der Waals surface area (Å²) >= 11 is 0. The molecule has 29 heavy (non-hydrogen) atoms. The van der Waals surface area contributed by atoms with Crippen LogP contribution in [0.5, 0.6) is 5.75 Å². The molecule has 0 bridgehead atoms. The van der Waals surface area contributed by atoms with Crippen LogP contribution in [-0.4, -0.2) is 36.1 Å². The summed E-state index contributed by atoms with van der Waals surface area (Å²) in [6.07, 6.45) is 3.73. The van der Waals surface area contributed by atoms with Crippen LogP contribution in [0.3, 0.4) is 0 Å². The summed E-state index contributed by atoms with van der Waals surface area (Å²) in [6.45, 7) is 10.8. The van der Waals surface area contributed by atoms with E-state index in [2.05, 4.69) is 64.4 Å². The van der Waals surface area contributed by atoms with Crippen molar-refractivity contribution in [2.45, 2.75) is 27.4 Å². The molecular weight excluding hydrogens is 360 g/mol. The summed E-state index contributed by atoms with van der Waals surface area (Å²) in [5, 5.41) is 3.40. The Morgan fingerprint density at radius 2 is 1.72 bits per heavy atom. The number of hydrogen-bond acceptors (Lipinski definition) is 5. The maximum absolute atomic E-state index is 6.08. The number of aryl methyl sites for hydroxylation is 3. The number of benzene rings is 1. The van der Waals surface area contributed by atoms with Crippen LogP contribution in [0.25, 0.3) is 11.1 Å². The topological polar surface area (TPSA) is 50.3 Å². The maximum Gasteiger partial charge on any atom is 0.129 e. The minimum Gasteiger partial charge on any atom is -0.489 e. The van der Waals surface area contributed by atoms with Crippen molar-refractivity contribution in [3.63, 3.8) is 0 Å². The van der Waals surface area contributed by atoms with Crippen molar-refractivity contribution in [1.82, 2.24) is 15.3 Å². The van der Waals surface area contributed by atoms with E-state index < -0.39 is 0 Å². The average molecular weight is 389 g/mol. The zero-order chi connectivity index (χ0) is 20.2. The van der Waals surface area contributed by atoms with Gasteiger partial charge in [-0.05, 0) is 73.4 Å². The fourth-order valence-corrected chi connectivity index (χ4v) is 3.93. The number of nitrogens with one attached hydrogen (secondary N) is 1. The number of anilines is 1. The van der Waals surface area contributed by atoms with Gasteiger partial charge in [0, 0.05) is 49.8 Å². The lowest BCUT2D eigenvalue weighted by Crippen LogP contribution is -2.43. The predicted octanol–water partition coefficient (Wildman–Crippen LogP) is 4.06. The van der Waals surface area contributed by atoms with E-state index in [9.17, 15) is 0 Å². The third-order valence-corrected chi connectivity index (χ3v) is 5.49. The van der Waals surface area contributed by atoms with Gasteiger partial charge in [0.25, 0.3) is 0 Å². The number of hydrogen-bond donors (Lipinski definition) is 1. The molecule has 1 N–H and O–H groups in total. The van der Waals surface area contributed by atoms with Gasteiger partial charge in [-0.3, -0.25) is 4.98 Å². The van der Waals surface area contributed by atoms with Crippen LogP contribution in [-0.2, 0) is 6.61 Å². The van der Waals surface area contributed by atoms with E-state index >= 15 is 0 Å². The zero-order valence-corrected chi connectivity index (χ0v) is 17.4. The van der Waals surface area contributed by atoms with E-state index in [1.165, 1.54) is 22.3 Å². The molecule has 0 amide bonds. The van der Waals surface area contributed by atoms with Crippen molar-refractivity contribution in [2.24, 2.45) is 0 Å². The SMILES string of the molecule is Cc1cc(OCc2cccnc2C)cc(C)c1-c1ccnc(N2CCNCC2)c1. The monoisotopic (exact) mass is 388 g/mol. The Morgan fingerprint density at radius 1 is 0.966 bits per heavy atom. The van der Waals surface area contributed by atoms with Crippen molar-refractivity contribution < 1.29 is 4.74 Å². The molecule has 0 radical (unpaired) electrons. The summed E-state index contributed by atoms with van der Waals surface area (Å²) in [6, 6.07) is 12.6. The fourth-order valence-electron chi connectivity index (χ4n) is 3.93. The predicted molar refractivity (Wildman–Crippen MR) is 118 cm³/mol. The Labute approximate surface area is 172 Å². The molecule has 0 saturated carbocycles. The Balaban J connectivity index is 1.56.